The number of halogens is 1. The van der Waals surface area contributed by atoms with E-state index in [1.165, 1.54) is 4.68 Å². The Balaban J connectivity index is 1.75. The molecule has 2 aromatic heterocycles. The zero-order valence-corrected chi connectivity index (χ0v) is 14.4. The van der Waals surface area contributed by atoms with E-state index in [2.05, 4.69) is 38.6 Å². The molecule has 3 heterocycles. The molecule has 3 rings (SSSR count). The van der Waals surface area contributed by atoms with E-state index in [9.17, 15) is 4.79 Å². The maximum atomic E-state index is 11.9. The summed E-state index contributed by atoms with van der Waals surface area (Å²) in [6, 6.07) is 0.355. The normalized spacial score (nSPS) is 16.3. The highest BCUT2D eigenvalue weighted by molar-refractivity contribution is 6.33. The molecule has 1 fully saturated rings. The minimum Gasteiger partial charge on any atom is -0.369 e. The second-order valence-electron chi connectivity index (χ2n) is 6.22. The SMILES string of the molecule is CC(C)n1cnnc1C1CCN(c2cnn(C)c(=O)c2Cl)CC1. The maximum absolute atomic E-state index is 11.9. The van der Waals surface area contributed by atoms with E-state index < -0.39 is 0 Å². The quantitative estimate of drug-likeness (QED) is 0.857. The van der Waals surface area contributed by atoms with Crippen LogP contribution in [0.15, 0.2) is 17.3 Å². The van der Waals surface area contributed by atoms with Crippen LogP contribution < -0.4 is 10.5 Å². The summed E-state index contributed by atoms with van der Waals surface area (Å²) < 4.78 is 3.39. The second kappa shape index (κ2) is 6.31. The molecule has 0 unspecified atom stereocenters. The number of aryl methyl sites for hydroxylation is 1. The zero-order valence-electron chi connectivity index (χ0n) is 13.6. The Morgan fingerprint density at radius 1 is 1.30 bits per heavy atom. The zero-order chi connectivity index (χ0) is 16.6. The van der Waals surface area contributed by atoms with Gasteiger partial charge in [0.2, 0.25) is 0 Å². The van der Waals surface area contributed by atoms with Crippen LogP contribution in [0.4, 0.5) is 5.69 Å². The van der Waals surface area contributed by atoms with Crippen LogP contribution >= 0.6 is 11.6 Å². The standard InChI is InChI=1S/C15H21ClN6O/c1-10(2)22-9-17-19-14(22)11-4-6-21(7-5-11)12-8-18-20(3)15(23)13(12)16/h8-11H,4-7H2,1-3H3. The monoisotopic (exact) mass is 336 g/mol. The van der Waals surface area contributed by atoms with Crippen molar-refractivity contribution in [1.82, 2.24) is 24.5 Å². The van der Waals surface area contributed by atoms with Crippen molar-refractivity contribution in [3.8, 4) is 0 Å². The lowest BCUT2D eigenvalue weighted by molar-refractivity contribution is 0.448. The van der Waals surface area contributed by atoms with Crippen LogP contribution in [-0.2, 0) is 7.05 Å². The topological polar surface area (TPSA) is 68.8 Å². The van der Waals surface area contributed by atoms with Crippen LogP contribution in [0.25, 0.3) is 0 Å². The lowest BCUT2D eigenvalue weighted by Gasteiger charge is -2.33. The molecule has 2 aromatic rings. The van der Waals surface area contributed by atoms with E-state index in [0.717, 1.165) is 37.4 Å². The predicted octanol–water partition coefficient (Wildman–Crippen LogP) is 1.99. The lowest BCUT2D eigenvalue weighted by atomic mass is 9.95. The van der Waals surface area contributed by atoms with E-state index in [-0.39, 0.29) is 10.6 Å². The lowest BCUT2D eigenvalue weighted by Crippen LogP contribution is -2.35. The van der Waals surface area contributed by atoms with Gasteiger partial charge in [0, 0.05) is 32.1 Å². The van der Waals surface area contributed by atoms with Crippen molar-refractivity contribution in [2.75, 3.05) is 18.0 Å². The number of piperidine rings is 1. The average Bonchev–Trinajstić information content (AvgIpc) is 3.03. The summed E-state index contributed by atoms with van der Waals surface area (Å²) >= 11 is 6.19. The molecule has 1 aliphatic rings. The average molecular weight is 337 g/mol. The van der Waals surface area contributed by atoms with Gasteiger partial charge in [0.15, 0.2) is 0 Å². The third kappa shape index (κ3) is 2.97. The highest BCUT2D eigenvalue weighted by Gasteiger charge is 2.26. The van der Waals surface area contributed by atoms with Crippen molar-refractivity contribution in [2.24, 2.45) is 7.05 Å². The molecule has 0 aromatic carbocycles. The van der Waals surface area contributed by atoms with Crippen molar-refractivity contribution in [3.63, 3.8) is 0 Å². The molecule has 0 bridgehead atoms. The van der Waals surface area contributed by atoms with Crippen LogP contribution in [-0.4, -0.2) is 37.6 Å². The summed E-state index contributed by atoms with van der Waals surface area (Å²) in [7, 11) is 1.60. The van der Waals surface area contributed by atoms with Gasteiger partial charge >= 0.3 is 0 Å². The molecular weight excluding hydrogens is 316 g/mol. The summed E-state index contributed by atoms with van der Waals surface area (Å²) in [6.07, 6.45) is 5.38. The van der Waals surface area contributed by atoms with Crippen LogP contribution in [0.1, 0.15) is 44.5 Å². The van der Waals surface area contributed by atoms with E-state index in [1.54, 1.807) is 19.6 Å². The van der Waals surface area contributed by atoms with Gasteiger partial charge in [-0.25, -0.2) is 4.68 Å². The smallest absolute Gasteiger partial charge is 0.287 e. The largest absolute Gasteiger partial charge is 0.369 e. The molecule has 8 heteroatoms. The molecular formula is C15H21ClN6O. The maximum Gasteiger partial charge on any atom is 0.287 e. The van der Waals surface area contributed by atoms with Crippen molar-refractivity contribution < 1.29 is 0 Å². The number of nitrogens with zero attached hydrogens (tertiary/aromatic N) is 6. The van der Waals surface area contributed by atoms with Crippen LogP contribution in [0.2, 0.25) is 5.02 Å². The number of anilines is 1. The first kappa shape index (κ1) is 16.0. The molecule has 0 N–H and O–H groups in total. The Kier molecular flexibility index (Phi) is 4.39. The number of hydrogen-bond donors (Lipinski definition) is 0. The van der Waals surface area contributed by atoms with E-state index in [4.69, 9.17) is 11.6 Å². The predicted molar refractivity (Wildman–Crippen MR) is 89.1 cm³/mol. The first-order valence-corrected chi connectivity index (χ1v) is 8.23. The first-order chi connectivity index (χ1) is 11.0. The minimum absolute atomic E-state index is 0.242. The second-order valence-corrected chi connectivity index (χ2v) is 6.60. The molecule has 0 spiro atoms. The van der Waals surface area contributed by atoms with Crippen molar-refractivity contribution in [1.29, 1.82) is 0 Å². The third-order valence-electron chi connectivity index (χ3n) is 4.42. The Morgan fingerprint density at radius 2 is 2.00 bits per heavy atom. The number of rotatable bonds is 3. The van der Waals surface area contributed by atoms with Gasteiger partial charge in [-0.05, 0) is 26.7 Å². The van der Waals surface area contributed by atoms with Gasteiger partial charge < -0.3 is 9.47 Å². The summed E-state index contributed by atoms with van der Waals surface area (Å²) in [5.41, 5.74) is 0.462. The summed E-state index contributed by atoms with van der Waals surface area (Å²) in [6.45, 7) is 5.91. The highest BCUT2D eigenvalue weighted by Crippen LogP contribution is 2.31. The summed E-state index contributed by atoms with van der Waals surface area (Å²) in [5, 5.41) is 12.7. The molecule has 1 aliphatic heterocycles. The van der Waals surface area contributed by atoms with Gasteiger partial charge in [0.1, 0.15) is 17.2 Å². The molecule has 124 valence electrons. The molecule has 0 saturated carbocycles. The fourth-order valence-corrected chi connectivity index (χ4v) is 3.33. The van der Waals surface area contributed by atoms with Crippen LogP contribution in [0, 0.1) is 0 Å². The van der Waals surface area contributed by atoms with Crippen molar-refractivity contribution in [3.05, 3.63) is 33.7 Å². The Labute approximate surface area is 139 Å². The summed E-state index contributed by atoms with van der Waals surface area (Å²) in [5.74, 6) is 1.43. The highest BCUT2D eigenvalue weighted by atomic mass is 35.5. The van der Waals surface area contributed by atoms with Crippen LogP contribution in [0.5, 0.6) is 0 Å². The Bertz CT molecular complexity index is 745. The molecule has 7 nitrogen and oxygen atoms in total. The molecule has 23 heavy (non-hydrogen) atoms. The Morgan fingerprint density at radius 3 is 2.65 bits per heavy atom. The van der Waals surface area contributed by atoms with E-state index in [0.29, 0.717) is 12.0 Å². The van der Waals surface area contributed by atoms with E-state index >= 15 is 0 Å². The fraction of sp³-hybridized carbons (Fsp3) is 0.600. The van der Waals surface area contributed by atoms with Gasteiger partial charge in [0.25, 0.3) is 5.56 Å². The van der Waals surface area contributed by atoms with Crippen molar-refractivity contribution in [2.45, 2.75) is 38.6 Å². The number of hydrogen-bond acceptors (Lipinski definition) is 5. The molecule has 0 amide bonds. The molecule has 0 radical (unpaired) electrons. The fourth-order valence-electron chi connectivity index (χ4n) is 3.04. The van der Waals surface area contributed by atoms with Crippen molar-refractivity contribution >= 4 is 17.3 Å². The van der Waals surface area contributed by atoms with Gasteiger partial charge in [-0.15, -0.1) is 10.2 Å². The van der Waals surface area contributed by atoms with Gasteiger partial charge in [-0.1, -0.05) is 11.6 Å². The summed E-state index contributed by atoms with van der Waals surface area (Å²) in [4.78, 5) is 14.1. The molecule has 0 atom stereocenters. The van der Waals surface area contributed by atoms with E-state index in [1.807, 2.05) is 0 Å². The Hall–Kier alpha value is -1.89. The van der Waals surface area contributed by atoms with Gasteiger partial charge in [0.05, 0.1) is 11.9 Å². The van der Waals surface area contributed by atoms with Gasteiger partial charge in [-0.2, -0.15) is 5.10 Å². The number of aromatic nitrogens is 5. The van der Waals surface area contributed by atoms with Crippen LogP contribution in [0.3, 0.4) is 0 Å². The van der Waals surface area contributed by atoms with Gasteiger partial charge in [-0.3, -0.25) is 4.79 Å². The first-order valence-electron chi connectivity index (χ1n) is 7.85. The molecule has 1 saturated heterocycles. The third-order valence-corrected chi connectivity index (χ3v) is 4.77. The minimum atomic E-state index is -0.258. The molecule has 0 aliphatic carbocycles.